The summed E-state index contributed by atoms with van der Waals surface area (Å²) < 4.78 is 43.9. The first kappa shape index (κ1) is 28.1. The standard InChI is InChI=1S/C33H37F3N6O/c1-20-7-5-6-10-25(20)30(22-8-3-2-4-9-22)42-32-28(26(33(34,35)36)17-27(43)39-32)29(40-42)21-13-15-41(16-14-21)24-18-37-31(38-19-24)23-11-12-23/h2-6,8-10,18-21,23,26,29-30,40H,7,11-17H2,1H3,(H,39,43). The minimum atomic E-state index is -4.53. The molecule has 7 rings (SSSR count). The number of nitrogens with one attached hydrogen (secondary N) is 2. The molecule has 7 nitrogen and oxygen atoms in total. The maximum atomic E-state index is 14.6. The van der Waals surface area contributed by atoms with E-state index >= 15 is 0 Å². The van der Waals surface area contributed by atoms with E-state index in [-0.39, 0.29) is 29.3 Å². The Morgan fingerprint density at radius 3 is 2.40 bits per heavy atom. The van der Waals surface area contributed by atoms with Crippen molar-refractivity contribution >= 4 is 11.6 Å². The van der Waals surface area contributed by atoms with Gasteiger partial charge in [-0.3, -0.25) is 9.80 Å². The highest BCUT2D eigenvalue weighted by molar-refractivity contribution is 5.80. The van der Waals surface area contributed by atoms with E-state index < -0.39 is 30.5 Å². The van der Waals surface area contributed by atoms with Crippen molar-refractivity contribution in [2.24, 2.45) is 17.8 Å². The van der Waals surface area contributed by atoms with Gasteiger partial charge in [-0.2, -0.15) is 13.2 Å². The Morgan fingerprint density at radius 1 is 1.02 bits per heavy atom. The number of carbonyl (C=O) groups is 1. The molecule has 2 aliphatic carbocycles. The zero-order chi connectivity index (χ0) is 29.7. The highest BCUT2D eigenvalue weighted by atomic mass is 19.4. The van der Waals surface area contributed by atoms with Gasteiger partial charge in [-0.25, -0.2) is 15.4 Å². The second-order valence-electron chi connectivity index (χ2n) is 12.6. The maximum absolute atomic E-state index is 14.6. The van der Waals surface area contributed by atoms with Crippen LogP contribution in [0.5, 0.6) is 0 Å². The lowest BCUT2D eigenvalue weighted by Gasteiger charge is -2.39. The summed E-state index contributed by atoms with van der Waals surface area (Å²) in [5.74, 6) is -0.617. The maximum Gasteiger partial charge on any atom is 0.396 e. The summed E-state index contributed by atoms with van der Waals surface area (Å²) in [6.07, 6.45) is 9.40. The number of hydrazine groups is 1. The van der Waals surface area contributed by atoms with Crippen molar-refractivity contribution < 1.29 is 18.0 Å². The van der Waals surface area contributed by atoms with Gasteiger partial charge in [0.15, 0.2) is 0 Å². The smallest absolute Gasteiger partial charge is 0.369 e. The van der Waals surface area contributed by atoms with E-state index in [1.165, 1.54) is 0 Å². The Kier molecular flexibility index (Phi) is 7.27. The van der Waals surface area contributed by atoms with Gasteiger partial charge in [0, 0.05) is 31.0 Å². The Balaban J connectivity index is 1.21. The number of hydrogen-bond donors (Lipinski definition) is 2. The Morgan fingerprint density at radius 2 is 1.74 bits per heavy atom. The molecule has 1 aromatic carbocycles. The predicted octanol–water partition coefficient (Wildman–Crippen LogP) is 5.93. The fourth-order valence-electron chi connectivity index (χ4n) is 7.20. The van der Waals surface area contributed by atoms with Gasteiger partial charge >= 0.3 is 6.18 Å². The number of amides is 1. The normalized spacial score (nSPS) is 27.2. The quantitative estimate of drug-likeness (QED) is 0.435. The monoisotopic (exact) mass is 590 g/mol. The van der Waals surface area contributed by atoms with Gasteiger partial charge in [0.25, 0.3) is 0 Å². The largest absolute Gasteiger partial charge is 0.396 e. The Bertz CT molecular complexity index is 1440. The van der Waals surface area contributed by atoms with Crippen LogP contribution in [0.25, 0.3) is 0 Å². The van der Waals surface area contributed by atoms with Crippen molar-refractivity contribution in [1.29, 1.82) is 0 Å². The fourth-order valence-corrected chi connectivity index (χ4v) is 7.20. The van der Waals surface area contributed by atoms with Crippen LogP contribution in [-0.4, -0.2) is 46.2 Å². The number of aromatic nitrogens is 2. The Labute approximate surface area is 249 Å². The molecule has 3 aliphatic heterocycles. The number of rotatable bonds is 6. The molecule has 1 saturated carbocycles. The number of hydrogen-bond acceptors (Lipinski definition) is 6. The van der Waals surface area contributed by atoms with Crippen molar-refractivity contribution in [3.05, 3.63) is 89.3 Å². The summed E-state index contributed by atoms with van der Waals surface area (Å²) >= 11 is 0. The molecule has 10 heteroatoms. The first-order valence-electron chi connectivity index (χ1n) is 15.4. The first-order chi connectivity index (χ1) is 20.8. The molecule has 4 heterocycles. The number of allylic oxidation sites excluding steroid dienone is 3. The first-order valence-corrected chi connectivity index (χ1v) is 15.4. The molecular formula is C33H37F3N6O. The lowest BCUT2D eigenvalue weighted by Crippen LogP contribution is -2.48. The van der Waals surface area contributed by atoms with Crippen LogP contribution in [0, 0.1) is 17.8 Å². The SMILES string of the molecule is CC1CC=CC=C1C(c1ccccc1)N1NC(C2CCN(c3cnc(C4CC4)nc3)CC2)C2=C1NC(=O)CC2C(F)(F)F. The average Bonchev–Trinajstić information content (AvgIpc) is 3.80. The molecule has 2 fully saturated rings. The second kappa shape index (κ2) is 11.1. The van der Waals surface area contributed by atoms with Crippen molar-refractivity contribution in [3.8, 4) is 0 Å². The molecule has 1 saturated heterocycles. The molecule has 4 unspecified atom stereocenters. The summed E-state index contributed by atoms with van der Waals surface area (Å²) in [4.78, 5) is 24.2. The van der Waals surface area contributed by atoms with Crippen molar-refractivity contribution in [2.45, 2.75) is 69.6 Å². The zero-order valence-electron chi connectivity index (χ0n) is 24.2. The molecule has 0 radical (unpaired) electrons. The number of halogens is 3. The van der Waals surface area contributed by atoms with E-state index in [4.69, 9.17) is 0 Å². The van der Waals surface area contributed by atoms with Crippen LogP contribution in [0.4, 0.5) is 18.9 Å². The molecule has 1 amide bonds. The summed E-state index contributed by atoms with van der Waals surface area (Å²) in [6, 6.07) is 8.93. The van der Waals surface area contributed by atoms with E-state index in [1.807, 2.05) is 53.8 Å². The molecule has 2 N–H and O–H groups in total. The third-order valence-corrected chi connectivity index (χ3v) is 9.69. The second-order valence-corrected chi connectivity index (χ2v) is 12.6. The summed E-state index contributed by atoms with van der Waals surface area (Å²) in [6.45, 7) is 3.55. The van der Waals surface area contributed by atoms with Gasteiger partial charge in [-0.15, -0.1) is 0 Å². The molecule has 226 valence electrons. The predicted molar refractivity (Wildman–Crippen MR) is 157 cm³/mol. The molecule has 1 aromatic heterocycles. The highest BCUT2D eigenvalue weighted by Gasteiger charge is 2.54. The molecule has 0 bridgehead atoms. The number of alkyl halides is 3. The van der Waals surface area contributed by atoms with Crippen LogP contribution in [0.3, 0.4) is 0 Å². The van der Waals surface area contributed by atoms with Crippen molar-refractivity contribution in [2.75, 3.05) is 18.0 Å². The van der Waals surface area contributed by atoms with E-state index in [9.17, 15) is 18.0 Å². The average molecular weight is 591 g/mol. The number of carbonyl (C=O) groups excluding carboxylic acids is 1. The van der Waals surface area contributed by atoms with Crippen LogP contribution in [0.15, 0.2) is 77.9 Å². The van der Waals surface area contributed by atoms with Gasteiger partial charge in [-0.05, 0) is 55.1 Å². The van der Waals surface area contributed by atoms with Crippen LogP contribution >= 0.6 is 0 Å². The molecule has 5 aliphatic rings. The minimum Gasteiger partial charge on any atom is -0.369 e. The Hall–Kier alpha value is -3.66. The van der Waals surface area contributed by atoms with Crippen LogP contribution in [-0.2, 0) is 4.79 Å². The van der Waals surface area contributed by atoms with Crippen molar-refractivity contribution in [3.63, 3.8) is 0 Å². The van der Waals surface area contributed by atoms with Crippen molar-refractivity contribution in [1.82, 2.24) is 25.7 Å². The van der Waals surface area contributed by atoms with Gasteiger partial charge in [0.2, 0.25) is 5.91 Å². The zero-order valence-corrected chi connectivity index (χ0v) is 24.2. The van der Waals surface area contributed by atoms with Gasteiger partial charge in [-0.1, -0.05) is 55.5 Å². The van der Waals surface area contributed by atoms with Gasteiger partial charge in [0.1, 0.15) is 11.6 Å². The third kappa shape index (κ3) is 5.46. The minimum absolute atomic E-state index is 0.0353. The van der Waals surface area contributed by atoms with Crippen LogP contribution < -0.4 is 15.6 Å². The number of nitrogens with zero attached hydrogens (tertiary/aromatic N) is 4. The van der Waals surface area contributed by atoms with E-state index in [2.05, 4.69) is 44.7 Å². The number of benzene rings is 1. The van der Waals surface area contributed by atoms with E-state index in [0.717, 1.165) is 41.9 Å². The lowest BCUT2D eigenvalue weighted by atomic mass is 9.78. The van der Waals surface area contributed by atoms with Gasteiger partial charge < -0.3 is 10.2 Å². The topological polar surface area (TPSA) is 73.4 Å². The van der Waals surface area contributed by atoms with E-state index in [1.54, 1.807) is 0 Å². The van der Waals surface area contributed by atoms with Crippen LogP contribution in [0.2, 0.25) is 0 Å². The summed E-state index contributed by atoms with van der Waals surface area (Å²) in [5, 5.41) is 4.73. The van der Waals surface area contributed by atoms with Gasteiger partial charge in [0.05, 0.1) is 36.1 Å². The molecule has 43 heavy (non-hydrogen) atoms. The molecule has 2 aromatic rings. The fraction of sp³-hybridized carbons (Fsp3) is 0.485. The molecular weight excluding hydrogens is 553 g/mol. The van der Waals surface area contributed by atoms with Crippen LogP contribution in [0.1, 0.15) is 68.8 Å². The highest BCUT2D eigenvalue weighted by Crippen LogP contribution is 2.48. The number of anilines is 1. The third-order valence-electron chi connectivity index (χ3n) is 9.69. The number of piperidine rings is 1. The summed E-state index contributed by atoms with van der Waals surface area (Å²) in [5.41, 5.74) is 6.84. The van der Waals surface area contributed by atoms with E-state index in [0.29, 0.717) is 31.8 Å². The lowest BCUT2D eigenvalue weighted by molar-refractivity contribution is -0.172. The molecule has 4 atom stereocenters. The summed E-state index contributed by atoms with van der Waals surface area (Å²) in [7, 11) is 0. The molecule has 0 spiro atoms.